The second-order valence-corrected chi connectivity index (χ2v) is 9.00. The van der Waals surface area contributed by atoms with Crippen LogP contribution in [0.3, 0.4) is 0 Å². The number of aryl methyl sites for hydroxylation is 1. The number of imidazole rings is 1. The molecular formula is C17H27BrN4O6. The van der Waals surface area contributed by atoms with Crippen LogP contribution in [0.25, 0.3) is 0 Å². The number of nitrogens with zero attached hydrogens (tertiary/aromatic N) is 3. The molecule has 1 rings (SSSR count). The van der Waals surface area contributed by atoms with Crippen LogP contribution >= 0.6 is 15.9 Å². The molecule has 0 aliphatic carbocycles. The molecular weight excluding hydrogens is 436 g/mol. The Morgan fingerprint density at radius 2 is 1.82 bits per heavy atom. The molecule has 0 fully saturated rings. The van der Waals surface area contributed by atoms with Crippen LogP contribution in [0.4, 0.5) is 10.7 Å². The molecule has 28 heavy (non-hydrogen) atoms. The van der Waals surface area contributed by atoms with Gasteiger partial charge in [-0.2, -0.15) is 0 Å². The maximum absolute atomic E-state index is 12.5. The average molecular weight is 463 g/mol. The van der Waals surface area contributed by atoms with Crippen LogP contribution < -0.4 is 5.32 Å². The smallest absolute Gasteiger partial charge is 0.435 e. The highest BCUT2D eigenvalue weighted by Crippen LogP contribution is 2.18. The van der Waals surface area contributed by atoms with Crippen LogP contribution in [0, 0.1) is 10.1 Å². The van der Waals surface area contributed by atoms with E-state index in [-0.39, 0.29) is 18.9 Å². The normalized spacial score (nSPS) is 13.0. The minimum atomic E-state index is -0.944. The predicted octanol–water partition coefficient (Wildman–Crippen LogP) is 3.57. The van der Waals surface area contributed by atoms with Gasteiger partial charge in [-0.1, -0.05) is 4.98 Å². The average Bonchev–Trinajstić information content (AvgIpc) is 2.83. The molecule has 1 aromatic rings. The highest BCUT2D eigenvalue weighted by molar-refractivity contribution is 9.10. The van der Waals surface area contributed by atoms with Crippen molar-refractivity contribution >= 4 is 33.9 Å². The van der Waals surface area contributed by atoms with Gasteiger partial charge < -0.3 is 24.9 Å². The lowest BCUT2D eigenvalue weighted by Gasteiger charge is -2.26. The van der Waals surface area contributed by atoms with Crippen LogP contribution in [0.2, 0.25) is 0 Å². The third-order valence-electron chi connectivity index (χ3n) is 3.16. The van der Waals surface area contributed by atoms with Crippen molar-refractivity contribution in [2.24, 2.45) is 0 Å². The second-order valence-electron chi connectivity index (χ2n) is 8.19. The highest BCUT2D eigenvalue weighted by Gasteiger charge is 2.29. The molecule has 0 radical (unpaired) electrons. The molecule has 1 aromatic heterocycles. The van der Waals surface area contributed by atoms with Crippen LogP contribution in [-0.4, -0.2) is 43.8 Å². The number of aromatic nitrogens is 2. The zero-order valence-corrected chi connectivity index (χ0v) is 18.5. The molecule has 158 valence electrons. The number of alkyl carbamates (subject to hydrolysis) is 1. The van der Waals surface area contributed by atoms with Gasteiger partial charge in [-0.3, -0.25) is 0 Å². The molecule has 0 aliphatic heterocycles. The Morgan fingerprint density at radius 3 is 2.32 bits per heavy atom. The molecule has 10 nitrogen and oxygen atoms in total. The zero-order valence-electron chi connectivity index (χ0n) is 16.9. The molecule has 0 aliphatic rings. The molecule has 0 saturated carbocycles. The van der Waals surface area contributed by atoms with Gasteiger partial charge in [-0.25, -0.2) is 14.2 Å². The summed E-state index contributed by atoms with van der Waals surface area (Å²) in [7, 11) is 0. The van der Waals surface area contributed by atoms with Gasteiger partial charge in [0.05, 0.1) is 6.54 Å². The van der Waals surface area contributed by atoms with Crippen LogP contribution in [0.5, 0.6) is 0 Å². The fourth-order valence-corrected chi connectivity index (χ4v) is 2.63. The van der Waals surface area contributed by atoms with Gasteiger partial charge in [0, 0.05) is 0 Å². The number of ether oxygens (including phenoxy) is 2. The lowest BCUT2D eigenvalue weighted by molar-refractivity contribution is -0.396. The van der Waals surface area contributed by atoms with Gasteiger partial charge in [0.25, 0.3) is 0 Å². The first kappa shape index (κ1) is 23.9. The van der Waals surface area contributed by atoms with E-state index in [0.717, 1.165) is 0 Å². The Kier molecular flexibility index (Phi) is 7.97. The van der Waals surface area contributed by atoms with Crippen molar-refractivity contribution in [3.63, 3.8) is 0 Å². The highest BCUT2D eigenvalue weighted by atomic mass is 79.9. The van der Waals surface area contributed by atoms with Crippen molar-refractivity contribution in [3.8, 4) is 0 Å². The summed E-state index contributed by atoms with van der Waals surface area (Å²) in [5.41, 5.74) is -1.44. The summed E-state index contributed by atoms with van der Waals surface area (Å²) < 4.78 is 12.3. The molecule has 0 spiro atoms. The summed E-state index contributed by atoms with van der Waals surface area (Å²) >= 11 is 3.10. The lowest BCUT2D eigenvalue weighted by atomic mass is 10.1. The minimum Gasteiger partial charge on any atom is -0.458 e. The van der Waals surface area contributed by atoms with E-state index >= 15 is 0 Å². The van der Waals surface area contributed by atoms with Gasteiger partial charge in [-0.05, 0) is 75.2 Å². The largest absolute Gasteiger partial charge is 0.458 e. The standard InChI is InChI=1S/C17H27BrN4O6/c1-16(2,3)27-13(23)11(19-15(24)28-17(4,5)6)8-7-9-21-10-12(18)20-14(21)22(25)26/h10-11H,7-9H2,1-6H3,(H,19,24)/t11-/m0/s1. The number of carbonyl (C=O) groups excluding carboxylic acids is 2. The molecule has 1 heterocycles. The van der Waals surface area contributed by atoms with Crippen LogP contribution in [0.1, 0.15) is 54.4 Å². The predicted molar refractivity (Wildman–Crippen MR) is 105 cm³/mol. The number of amides is 1. The van der Waals surface area contributed by atoms with Crippen molar-refractivity contribution in [1.29, 1.82) is 0 Å². The third kappa shape index (κ3) is 8.68. The van der Waals surface area contributed by atoms with Gasteiger partial charge in [0.2, 0.25) is 4.60 Å². The monoisotopic (exact) mass is 462 g/mol. The molecule has 0 saturated heterocycles. The number of carbonyl (C=O) groups is 2. The summed E-state index contributed by atoms with van der Waals surface area (Å²) in [6.07, 6.45) is 1.33. The first-order valence-electron chi connectivity index (χ1n) is 8.77. The summed E-state index contributed by atoms with van der Waals surface area (Å²) in [4.78, 5) is 38.7. The number of esters is 1. The number of nitrogens with one attached hydrogen (secondary N) is 1. The van der Waals surface area contributed by atoms with Crippen LogP contribution in [0.15, 0.2) is 10.8 Å². The van der Waals surface area contributed by atoms with Gasteiger partial charge in [0.1, 0.15) is 23.4 Å². The fourth-order valence-electron chi connectivity index (χ4n) is 2.22. The second kappa shape index (κ2) is 9.35. The number of hydrogen-bond acceptors (Lipinski definition) is 7. The Hall–Kier alpha value is -2.17. The van der Waals surface area contributed by atoms with E-state index in [1.165, 1.54) is 10.8 Å². The molecule has 0 bridgehead atoms. The third-order valence-corrected chi connectivity index (χ3v) is 3.55. The quantitative estimate of drug-likeness (QED) is 0.372. The molecule has 0 aromatic carbocycles. The minimum absolute atomic E-state index is 0.209. The van der Waals surface area contributed by atoms with Gasteiger partial charge >= 0.3 is 18.0 Å². The van der Waals surface area contributed by atoms with Crippen molar-refractivity contribution < 1.29 is 24.0 Å². The maximum Gasteiger partial charge on any atom is 0.435 e. The molecule has 11 heteroatoms. The summed E-state index contributed by atoms with van der Waals surface area (Å²) in [6.45, 7) is 10.6. The SMILES string of the molecule is CC(C)(C)OC(=O)N[C@@H](CCCn1cc(Br)nc1[N+](=O)[O-])C(=O)OC(C)(C)C. The first-order chi connectivity index (χ1) is 12.7. The van der Waals surface area contributed by atoms with Crippen molar-refractivity contribution in [2.75, 3.05) is 0 Å². The fraction of sp³-hybridized carbons (Fsp3) is 0.706. The number of hydrogen-bond donors (Lipinski definition) is 1. The van der Waals surface area contributed by atoms with E-state index in [9.17, 15) is 19.7 Å². The maximum atomic E-state index is 12.5. The van der Waals surface area contributed by atoms with E-state index in [1.807, 2.05) is 0 Å². The Morgan fingerprint density at radius 1 is 1.25 bits per heavy atom. The number of halogens is 1. The van der Waals surface area contributed by atoms with E-state index in [4.69, 9.17) is 9.47 Å². The van der Waals surface area contributed by atoms with E-state index in [1.54, 1.807) is 41.5 Å². The van der Waals surface area contributed by atoms with Crippen molar-refractivity contribution in [3.05, 3.63) is 20.9 Å². The van der Waals surface area contributed by atoms with Gasteiger partial charge in [-0.15, -0.1) is 0 Å². The molecule has 1 atom stereocenters. The topological polar surface area (TPSA) is 126 Å². The van der Waals surface area contributed by atoms with Crippen molar-refractivity contribution in [2.45, 2.75) is 78.2 Å². The van der Waals surface area contributed by atoms with E-state index < -0.39 is 34.2 Å². The molecule has 1 N–H and O–H groups in total. The molecule has 1 amide bonds. The van der Waals surface area contributed by atoms with Crippen molar-refractivity contribution in [1.82, 2.24) is 14.9 Å². The number of rotatable bonds is 7. The summed E-state index contributed by atoms with van der Waals surface area (Å²) in [6, 6.07) is -0.944. The summed E-state index contributed by atoms with van der Waals surface area (Å²) in [5.74, 6) is -0.902. The Balaban J connectivity index is 2.80. The Bertz CT molecular complexity index is 720. The first-order valence-corrected chi connectivity index (χ1v) is 9.57. The van der Waals surface area contributed by atoms with E-state index in [2.05, 4.69) is 26.2 Å². The summed E-state index contributed by atoms with van der Waals surface area (Å²) in [5, 5.41) is 13.6. The van der Waals surface area contributed by atoms with Gasteiger partial charge in [0.15, 0.2) is 0 Å². The van der Waals surface area contributed by atoms with E-state index in [0.29, 0.717) is 11.0 Å². The number of nitro groups is 1. The lowest BCUT2D eigenvalue weighted by Crippen LogP contribution is -2.46. The Labute approximate surface area is 172 Å². The molecule has 0 unspecified atom stereocenters. The van der Waals surface area contributed by atoms with Crippen LogP contribution in [-0.2, 0) is 20.8 Å². The zero-order chi connectivity index (χ0) is 21.7.